The van der Waals surface area contributed by atoms with E-state index in [4.69, 9.17) is 4.74 Å². The van der Waals surface area contributed by atoms with Crippen molar-refractivity contribution in [2.45, 2.75) is 44.3 Å². The van der Waals surface area contributed by atoms with Crippen LogP contribution < -0.4 is 15.6 Å². The Morgan fingerprint density at radius 1 is 1.11 bits per heavy atom. The van der Waals surface area contributed by atoms with Crippen LogP contribution in [0.15, 0.2) is 41.2 Å². The summed E-state index contributed by atoms with van der Waals surface area (Å²) in [6.07, 6.45) is 1.09. The lowest BCUT2D eigenvalue weighted by atomic mass is 9.83. The lowest BCUT2D eigenvalue weighted by Gasteiger charge is -2.42. The highest BCUT2D eigenvalue weighted by Gasteiger charge is 2.40. The summed E-state index contributed by atoms with van der Waals surface area (Å²) in [5.74, 6) is 0.124. The fourth-order valence-corrected chi connectivity index (χ4v) is 5.54. The molecular weight excluding hydrogens is 482 g/mol. The number of methoxy groups -OCH3 is 1. The molecule has 12 nitrogen and oxygen atoms in total. The van der Waals surface area contributed by atoms with E-state index in [2.05, 4.69) is 5.32 Å². The van der Waals surface area contributed by atoms with Gasteiger partial charge in [-0.05, 0) is 42.5 Å². The standard InChI is InChI=1S/C25H27N5O7/c1-37-18-4-2-15(3-5-18)12-29-23(32)19(26-25(29)34)6-9-22(31)27-11-16-10-17(14-27)20-7-8-21(30(35)36)24(33)28(20)13-16/h2-5,7-8,16-17,19H,6,9-14H2,1H3,(H,26,34). The number of rotatable bonds is 7. The highest BCUT2D eigenvalue weighted by Crippen LogP contribution is 2.36. The number of nitrogens with one attached hydrogen (secondary N) is 1. The fraction of sp³-hybridized carbons (Fsp3) is 0.440. The van der Waals surface area contributed by atoms with Gasteiger partial charge in [-0.15, -0.1) is 0 Å². The van der Waals surface area contributed by atoms with Crippen molar-refractivity contribution in [3.05, 3.63) is 68.1 Å². The number of ether oxygens (including phenoxy) is 1. The van der Waals surface area contributed by atoms with Crippen molar-refractivity contribution in [2.24, 2.45) is 5.92 Å². The van der Waals surface area contributed by atoms with Crippen LogP contribution in [-0.4, -0.2) is 63.4 Å². The van der Waals surface area contributed by atoms with Gasteiger partial charge >= 0.3 is 17.3 Å². The van der Waals surface area contributed by atoms with E-state index >= 15 is 0 Å². The molecule has 2 saturated heterocycles. The largest absolute Gasteiger partial charge is 0.497 e. The Morgan fingerprint density at radius 2 is 1.86 bits per heavy atom. The molecule has 0 radical (unpaired) electrons. The Kier molecular flexibility index (Phi) is 6.40. The average Bonchev–Trinajstić information content (AvgIpc) is 3.15. The van der Waals surface area contributed by atoms with Gasteiger partial charge in [0, 0.05) is 43.7 Å². The third kappa shape index (κ3) is 4.66. The summed E-state index contributed by atoms with van der Waals surface area (Å²) in [5.41, 5.74) is 0.440. The Bertz CT molecular complexity index is 1320. The molecule has 0 saturated carbocycles. The van der Waals surface area contributed by atoms with Crippen LogP contribution in [0, 0.1) is 16.0 Å². The summed E-state index contributed by atoms with van der Waals surface area (Å²) in [6.45, 7) is 1.30. The van der Waals surface area contributed by atoms with E-state index in [1.165, 1.54) is 10.6 Å². The van der Waals surface area contributed by atoms with Gasteiger partial charge < -0.3 is 19.5 Å². The number of carbonyl (C=O) groups excluding carboxylic acids is 3. The number of nitro groups is 1. The van der Waals surface area contributed by atoms with E-state index in [9.17, 15) is 29.3 Å². The van der Waals surface area contributed by atoms with E-state index in [-0.39, 0.29) is 43.0 Å². The first-order valence-corrected chi connectivity index (χ1v) is 12.2. The molecule has 4 amide bonds. The van der Waals surface area contributed by atoms with Crippen LogP contribution in [0.1, 0.15) is 36.4 Å². The molecule has 0 spiro atoms. The summed E-state index contributed by atoms with van der Waals surface area (Å²) in [5, 5.41) is 13.8. The highest BCUT2D eigenvalue weighted by atomic mass is 16.6. The zero-order valence-corrected chi connectivity index (χ0v) is 20.3. The Hall–Kier alpha value is -4.22. The van der Waals surface area contributed by atoms with Crippen molar-refractivity contribution in [3.63, 3.8) is 0 Å². The number of benzene rings is 1. The van der Waals surface area contributed by atoms with Gasteiger partial charge in [0.15, 0.2) is 0 Å². The van der Waals surface area contributed by atoms with Crippen molar-refractivity contribution in [3.8, 4) is 5.75 Å². The minimum absolute atomic E-state index is 0.0164. The van der Waals surface area contributed by atoms with E-state index in [0.29, 0.717) is 31.1 Å². The summed E-state index contributed by atoms with van der Waals surface area (Å²) in [6, 6.07) is 8.68. The van der Waals surface area contributed by atoms with Gasteiger partial charge in [-0.1, -0.05) is 12.1 Å². The zero-order chi connectivity index (χ0) is 26.3. The fourth-order valence-electron chi connectivity index (χ4n) is 5.54. The average molecular weight is 510 g/mol. The molecule has 2 bridgehead atoms. The number of hydrogen-bond donors (Lipinski definition) is 1. The smallest absolute Gasteiger partial charge is 0.334 e. The summed E-state index contributed by atoms with van der Waals surface area (Å²) in [4.78, 5) is 64.2. The molecule has 3 atom stereocenters. The second kappa shape index (κ2) is 9.68. The van der Waals surface area contributed by atoms with Crippen LogP contribution in [0.4, 0.5) is 10.5 Å². The number of hydrogen-bond acceptors (Lipinski definition) is 7. The SMILES string of the molecule is COc1ccc(CN2C(=O)NC(CCC(=O)N3CC4CC(C3)c3ccc([N+](=O)[O-])c(=O)n3C4)C2=O)cc1. The lowest BCUT2D eigenvalue weighted by molar-refractivity contribution is -0.386. The normalized spacial score (nSPS) is 22.5. The van der Waals surface area contributed by atoms with Gasteiger partial charge in [0.2, 0.25) is 5.91 Å². The second-order valence-electron chi connectivity index (χ2n) is 9.73. The third-order valence-electron chi connectivity index (χ3n) is 7.39. The Morgan fingerprint density at radius 3 is 2.57 bits per heavy atom. The second-order valence-corrected chi connectivity index (χ2v) is 9.73. The first kappa shape index (κ1) is 24.5. The molecule has 3 aliphatic rings. The quantitative estimate of drug-likeness (QED) is 0.339. The van der Waals surface area contributed by atoms with Crippen molar-refractivity contribution in [2.75, 3.05) is 20.2 Å². The minimum Gasteiger partial charge on any atom is -0.497 e. The molecule has 1 aromatic heterocycles. The van der Waals surface area contributed by atoms with E-state index in [0.717, 1.165) is 16.9 Å². The minimum atomic E-state index is -0.765. The number of aromatic nitrogens is 1. The molecule has 1 aromatic carbocycles. The molecule has 3 aliphatic heterocycles. The van der Waals surface area contributed by atoms with Crippen LogP contribution in [0.3, 0.4) is 0 Å². The predicted octanol–water partition coefficient (Wildman–Crippen LogP) is 1.61. The van der Waals surface area contributed by atoms with Gasteiger partial charge in [0.1, 0.15) is 11.8 Å². The van der Waals surface area contributed by atoms with Crippen molar-refractivity contribution >= 4 is 23.5 Å². The number of amides is 4. The number of pyridine rings is 1. The molecule has 5 rings (SSSR count). The molecule has 3 unspecified atom stereocenters. The molecule has 2 aromatic rings. The Balaban J connectivity index is 1.19. The molecule has 37 heavy (non-hydrogen) atoms. The molecule has 194 valence electrons. The number of carbonyl (C=O) groups is 3. The van der Waals surface area contributed by atoms with Crippen LogP contribution >= 0.6 is 0 Å². The van der Waals surface area contributed by atoms with E-state index in [1.807, 2.05) is 0 Å². The first-order chi connectivity index (χ1) is 17.7. The summed E-state index contributed by atoms with van der Waals surface area (Å²) >= 11 is 0. The third-order valence-corrected chi connectivity index (χ3v) is 7.39. The van der Waals surface area contributed by atoms with Crippen LogP contribution in [0.2, 0.25) is 0 Å². The maximum absolute atomic E-state index is 13.0. The predicted molar refractivity (Wildman–Crippen MR) is 130 cm³/mol. The van der Waals surface area contributed by atoms with Crippen molar-refractivity contribution in [1.82, 2.24) is 19.7 Å². The van der Waals surface area contributed by atoms with Crippen LogP contribution in [-0.2, 0) is 22.7 Å². The molecule has 0 aliphatic carbocycles. The topological polar surface area (TPSA) is 144 Å². The van der Waals surface area contributed by atoms with Crippen LogP contribution in [0.5, 0.6) is 5.75 Å². The zero-order valence-electron chi connectivity index (χ0n) is 20.3. The van der Waals surface area contributed by atoms with Crippen LogP contribution in [0.25, 0.3) is 0 Å². The maximum atomic E-state index is 13.0. The summed E-state index contributed by atoms with van der Waals surface area (Å²) in [7, 11) is 1.56. The number of nitrogens with zero attached hydrogens (tertiary/aromatic N) is 4. The van der Waals surface area contributed by atoms with Gasteiger partial charge in [-0.25, -0.2) is 4.79 Å². The molecular formula is C25H27N5O7. The monoisotopic (exact) mass is 509 g/mol. The van der Waals surface area contributed by atoms with Crippen molar-refractivity contribution < 1.29 is 24.0 Å². The first-order valence-electron chi connectivity index (χ1n) is 12.2. The molecule has 12 heteroatoms. The number of imide groups is 1. The van der Waals surface area contributed by atoms with Gasteiger partial charge in [-0.3, -0.25) is 29.4 Å². The maximum Gasteiger partial charge on any atom is 0.334 e. The molecule has 2 fully saturated rings. The van der Waals surface area contributed by atoms with Crippen molar-refractivity contribution in [1.29, 1.82) is 0 Å². The number of likely N-dealkylation sites (tertiary alicyclic amines) is 1. The number of urea groups is 1. The molecule has 1 N–H and O–H groups in total. The Labute approximate surface area is 211 Å². The van der Waals surface area contributed by atoms with E-state index in [1.54, 1.807) is 42.3 Å². The highest BCUT2D eigenvalue weighted by molar-refractivity contribution is 6.04. The number of piperidine rings is 1. The van der Waals surface area contributed by atoms with Gasteiger partial charge in [0.25, 0.3) is 5.91 Å². The lowest BCUT2D eigenvalue weighted by Crippen LogP contribution is -2.49. The summed E-state index contributed by atoms with van der Waals surface area (Å²) < 4.78 is 6.60. The molecule has 4 heterocycles. The van der Waals surface area contributed by atoms with Gasteiger partial charge in [-0.2, -0.15) is 0 Å². The van der Waals surface area contributed by atoms with Gasteiger partial charge in [0.05, 0.1) is 18.6 Å². The van der Waals surface area contributed by atoms with E-state index < -0.39 is 28.2 Å². The number of fused-ring (bicyclic) bond motifs is 4.